The van der Waals surface area contributed by atoms with E-state index in [0.29, 0.717) is 6.42 Å². The van der Waals surface area contributed by atoms with Gasteiger partial charge in [-0.15, -0.1) is 0 Å². The molecule has 1 aliphatic rings. The number of likely N-dealkylation sites (N-methyl/N-ethyl adjacent to an activating group) is 1. The number of aromatic nitrogens is 2. The van der Waals surface area contributed by atoms with Gasteiger partial charge in [-0.1, -0.05) is 33.8 Å². The molecule has 0 spiro atoms. The Kier molecular flexibility index (Phi) is 8.64. The van der Waals surface area contributed by atoms with Gasteiger partial charge in [-0.2, -0.15) is 0 Å². The highest BCUT2D eigenvalue weighted by Crippen LogP contribution is 2.29. The van der Waals surface area contributed by atoms with Crippen molar-refractivity contribution >= 4 is 28.9 Å². The minimum absolute atomic E-state index is 0.00800. The van der Waals surface area contributed by atoms with Crippen molar-refractivity contribution in [3.05, 3.63) is 60.4 Å². The van der Waals surface area contributed by atoms with Crippen LogP contribution in [-0.2, 0) is 4.79 Å². The van der Waals surface area contributed by atoms with Crippen LogP contribution in [0.3, 0.4) is 0 Å². The van der Waals surface area contributed by atoms with Gasteiger partial charge in [0.2, 0.25) is 5.91 Å². The second kappa shape index (κ2) is 11.9. The van der Waals surface area contributed by atoms with Gasteiger partial charge < -0.3 is 26.2 Å². The average Bonchev–Trinajstić information content (AvgIpc) is 2.88. The first-order chi connectivity index (χ1) is 18.1. The number of carbonyl (C=O) groups excluding carboxylic acids is 1. The fraction of sp³-hybridized carbons (Fsp3) is 0.433. The van der Waals surface area contributed by atoms with Crippen molar-refractivity contribution in [2.24, 2.45) is 11.1 Å². The lowest BCUT2D eigenvalue weighted by atomic mass is 9.88. The normalized spacial score (nSPS) is 15.3. The van der Waals surface area contributed by atoms with Gasteiger partial charge in [-0.3, -0.25) is 4.79 Å². The summed E-state index contributed by atoms with van der Waals surface area (Å²) in [5.41, 5.74) is 10.9. The molecule has 0 aliphatic carbocycles. The summed E-state index contributed by atoms with van der Waals surface area (Å²) in [5, 5.41) is 6.34. The number of benzene rings is 1. The lowest BCUT2D eigenvalue weighted by molar-refractivity contribution is -0.118. The number of aryl methyl sites for hydroxylation is 1. The zero-order valence-electron chi connectivity index (χ0n) is 23.3. The number of rotatable bonds is 8. The van der Waals surface area contributed by atoms with Crippen LogP contribution in [0.15, 0.2) is 54.9 Å². The predicted octanol–water partition coefficient (Wildman–Crippen LogP) is 5.04. The Hall–Kier alpha value is -3.49. The summed E-state index contributed by atoms with van der Waals surface area (Å²) < 4.78 is 0. The molecule has 1 saturated heterocycles. The van der Waals surface area contributed by atoms with Crippen LogP contribution < -0.4 is 21.3 Å². The van der Waals surface area contributed by atoms with Gasteiger partial charge >= 0.3 is 0 Å². The SMILES string of the molecule is CCN1CCN(c2ccc(Nc3cc(-c4ccc(NC(=O)[C@H](N)CC(C)(C)C)cc4C)ccn3)cn2)CC1. The van der Waals surface area contributed by atoms with Crippen LogP contribution in [0.2, 0.25) is 0 Å². The number of pyridine rings is 2. The number of hydrogen-bond donors (Lipinski definition) is 3. The maximum absolute atomic E-state index is 12.5. The zero-order valence-corrected chi connectivity index (χ0v) is 23.3. The first-order valence-electron chi connectivity index (χ1n) is 13.5. The molecule has 3 aromatic rings. The summed E-state index contributed by atoms with van der Waals surface area (Å²) in [6.45, 7) is 15.7. The lowest BCUT2D eigenvalue weighted by Gasteiger charge is -2.34. The van der Waals surface area contributed by atoms with Crippen molar-refractivity contribution in [3.8, 4) is 11.1 Å². The first kappa shape index (κ1) is 27.5. The Morgan fingerprint density at radius 2 is 1.76 bits per heavy atom. The maximum atomic E-state index is 12.5. The zero-order chi connectivity index (χ0) is 27.3. The molecule has 1 fully saturated rings. The van der Waals surface area contributed by atoms with E-state index in [1.165, 1.54) is 0 Å². The fourth-order valence-corrected chi connectivity index (χ4v) is 4.81. The molecule has 8 nitrogen and oxygen atoms in total. The van der Waals surface area contributed by atoms with Gasteiger partial charge in [0, 0.05) is 38.1 Å². The Balaban J connectivity index is 1.40. The molecule has 8 heteroatoms. The quantitative estimate of drug-likeness (QED) is 0.386. The van der Waals surface area contributed by atoms with Gasteiger partial charge in [0.05, 0.1) is 17.9 Å². The van der Waals surface area contributed by atoms with Crippen molar-refractivity contribution in [2.75, 3.05) is 48.3 Å². The standard InChI is InChI=1S/C30H41N7O/c1-6-36-13-15-37(16-14-36)28-10-8-24(20-33-28)34-27-18-22(11-12-32-27)25-9-7-23(17-21(25)2)35-29(38)26(31)19-30(3,4)5/h7-12,17-18,20,26H,6,13-16,19,31H2,1-5H3,(H,32,34)(H,35,38)/t26-/m1/s1. The minimum atomic E-state index is -0.543. The molecule has 0 radical (unpaired) electrons. The van der Waals surface area contributed by atoms with Gasteiger partial charge in [-0.25, -0.2) is 9.97 Å². The monoisotopic (exact) mass is 515 g/mol. The Morgan fingerprint density at radius 1 is 1.03 bits per heavy atom. The summed E-state index contributed by atoms with van der Waals surface area (Å²) in [5.74, 6) is 1.60. The van der Waals surface area contributed by atoms with Crippen LogP contribution in [-0.4, -0.2) is 59.5 Å². The van der Waals surface area contributed by atoms with E-state index in [2.05, 4.69) is 70.2 Å². The largest absolute Gasteiger partial charge is 0.354 e. The molecule has 3 heterocycles. The summed E-state index contributed by atoms with van der Waals surface area (Å²) in [7, 11) is 0. The fourth-order valence-electron chi connectivity index (χ4n) is 4.81. The molecule has 0 saturated carbocycles. The van der Waals surface area contributed by atoms with Crippen molar-refractivity contribution in [1.82, 2.24) is 14.9 Å². The number of anilines is 4. The van der Waals surface area contributed by atoms with Crippen molar-refractivity contribution < 1.29 is 4.79 Å². The lowest BCUT2D eigenvalue weighted by Crippen LogP contribution is -2.46. The van der Waals surface area contributed by atoms with Gasteiger partial charge in [-0.05, 0) is 78.4 Å². The van der Waals surface area contributed by atoms with E-state index in [1.807, 2.05) is 43.5 Å². The Bertz CT molecular complexity index is 1230. The van der Waals surface area contributed by atoms with E-state index in [1.54, 1.807) is 6.20 Å². The molecule has 1 aliphatic heterocycles. The third-order valence-electron chi connectivity index (χ3n) is 6.90. The van der Waals surface area contributed by atoms with Gasteiger partial charge in [0.15, 0.2) is 0 Å². The number of amides is 1. The van der Waals surface area contributed by atoms with Crippen molar-refractivity contribution in [3.63, 3.8) is 0 Å². The highest BCUT2D eigenvalue weighted by atomic mass is 16.2. The number of carbonyl (C=O) groups is 1. The molecule has 1 amide bonds. The molecular formula is C30H41N7O. The number of nitrogens with two attached hydrogens (primary N) is 1. The van der Waals surface area contributed by atoms with Crippen LogP contribution in [0.25, 0.3) is 11.1 Å². The molecule has 4 N–H and O–H groups in total. The van der Waals surface area contributed by atoms with E-state index in [9.17, 15) is 4.79 Å². The number of nitrogens with zero attached hydrogens (tertiary/aromatic N) is 4. The van der Waals surface area contributed by atoms with Crippen LogP contribution in [0, 0.1) is 12.3 Å². The number of nitrogens with one attached hydrogen (secondary N) is 2. The second-order valence-electron chi connectivity index (χ2n) is 11.3. The van der Waals surface area contributed by atoms with Crippen molar-refractivity contribution in [2.45, 2.75) is 47.1 Å². The molecule has 202 valence electrons. The second-order valence-corrected chi connectivity index (χ2v) is 11.3. The molecule has 0 unspecified atom stereocenters. The van der Waals surface area contributed by atoms with Crippen LogP contribution >= 0.6 is 0 Å². The summed E-state index contributed by atoms with van der Waals surface area (Å²) in [6.07, 6.45) is 4.28. The maximum Gasteiger partial charge on any atom is 0.241 e. The first-order valence-corrected chi connectivity index (χ1v) is 13.5. The van der Waals surface area contributed by atoms with Gasteiger partial charge in [0.25, 0.3) is 0 Å². The van der Waals surface area contributed by atoms with E-state index >= 15 is 0 Å². The van der Waals surface area contributed by atoms with Crippen LogP contribution in [0.4, 0.5) is 23.0 Å². The van der Waals surface area contributed by atoms with Crippen LogP contribution in [0.5, 0.6) is 0 Å². The molecule has 1 aromatic carbocycles. The van der Waals surface area contributed by atoms with E-state index in [4.69, 9.17) is 5.73 Å². The smallest absolute Gasteiger partial charge is 0.241 e. The third kappa shape index (κ3) is 7.30. The summed E-state index contributed by atoms with van der Waals surface area (Å²) in [6, 6.07) is 13.5. The topological polar surface area (TPSA) is 99.4 Å². The summed E-state index contributed by atoms with van der Waals surface area (Å²) in [4.78, 5) is 26.5. The minimum Gasteiger partial charge on any atom is -0.354 e. The third-order valence-corrected chi connectivity index (χ3v) is 6.90. The summed E-state index contributed by atoms with van der Waals surface area (Å²) >= 11 is 0. The molecule has 1 atom stereocenters. The Labute approximate surface area is 226 Å². The Morgan fingerprint density at radius 3 is 2.39 bits per heavy atom. The molecular weight excluding hydrogens is 474 g/mol. The molecule has 0 bridgehead atoms. The van der Waals surface area contributed by atoms with E-state index in [0.717, 1.165) is 72.4 Å². The molecule has 4 rings (SSSR count). The van der Waals surface area contributed by atoms with Gasteiger partial charge in [0.1, 0.15) is 11.6 Å². The van der Waals surface area contributed by atoms with E-state index < -0.39 is 6.04 Å². The number of piperazine rings is 1. The highest BCUT2D eigenvalue weighted by molar-refractivity contribution is 5.95. The predicted molar refractivity (Wildman–Crippen MR) is 157 cm³/mol. The highest BCUT2D eigenvalue weighted by Gasteiger charge is 2.21. The number of hydrogen-bond acceptors (Lipinski definition) is 7. The van der Waals surface area contributed by atoms with Crippen LogP contribution in [0.1, 0.15) is 39.7 Å². The van der Waals surface area contributed by atoms with Crippen molar-refractivity contribution in [1.29, 1.82) is 0 Å². The molecule has 2 aromatic heterocycles. The molecule has 38 heavy (non-hydrogen) atoms. The van der Waals surface area contributed by atoms with E-state index in [-0.39, 0.29) is 11.3 Å². The average molecular weight is 516 g/mol.